The Hall–Kier alpha value is -1.08. The normalized spacial score (nSPS) is 10.3. The summed E-state index contributed by atoms with van der Waals surface area (Å²) in [6.45, 7) is 14.9. The molecule has 15 heavy (non-hydrogen) atoms. The Morgan fingerprint density at radius 1 is 0.667 bits per heavy atom. The first-order chi connectivity index (χ1) is 7.28. The summed E-state index contributed by atoms with van der Waals surface area (Å²) < 4.78 is 5.93. The lowest BCUT2D eigenvalue weighted by molar-refractivity contribution is -0.00493. The molecule has 1 nitrogen and oxygen atoms in total. The fourth-order valence-electron chi connectivity index (χ4n) is 1.43. The lowest BCUT2D eigenvalue weighted by atomic mass is 10.1. The molecule has 0 amide bonds. The van der Waals surface area contributed by atoms with Gasteiger partial charge >= 0.3 is 0 Å². The van der Waals surface area contributed by atoms with Crippen molar-refractivity contribution in [1.29, 1.82) is 0 Å². The van der Waals surface area contributed by atoms with E-state index in [0.717, 1.165) is 25.7 Å². The molecular weight excluding hydrogens is 184 g/mol. The highest BCUT2D eigenvalue weighted by Gasteiger charge is 2.12. The molecule has 0 aromatic rings. The van der Waals surface area contributed by atoms with E-state index in [1.165, 1.54) is 0 Å². The number of hydrogen-bond donors (Lipinski definition) is 0. The van der Waals surface area contributed by atoms with E-state index in [4.69, 9.17) is 4.74 Å². The van der Waals surface area contributed by atoms with Crippen LogP contribution in [0.25, 0.3) is 0 Å². The molecule has 0 N–H and O–H groups in total. The van der Waals surface area contributed by atoms with Crippen LogP contribution in [0, 0.1) is 0 Å². The third-order valence-corrected chi connectivity index (χ3v) is 2.10. The van der Waals surface area contributed by atoms with Crippen molar-refractivity contribution in [3.8, 4) is 0 Å². The van der Waals surface area contributed by atoms with Crippen LogP contribution in [0.1, 0.15) is 25.7 Å². The zero-order valence-electron chi connectivity index (χ0n) is 9.53. The van der Waals surface area contributed by atoms with Crippen LogP contribution >= 0.6 is 0 Å². The minimum Gasteiger partial charge on any atom is -0.374 e. The lowest BCUT2D eigenvalue weighted by Crippen LogP contribution is -2.20. The Morgan fingerprint density at radius 3 is 1.13 bits per heavy atom. The molecule has 0 saturated heterocycles. The molecule has 0 fully saturated rings. The van der Waals surface area contributed by atoms with Crippen LogP contribution in [-0.2, 0) is 4.74 Å². The maximum Gasteiger partial charge on any atom is 0.0647 e. The van der Waals surface area contributed by atoms with Gasteiger partial charge in [-0.15, -0.1) is 26.3 Å². The van der Waals surface area contributed by atoms with Gasteiger partial charge in [0.05, 0.1) is 12.2 Å². The minimum absolute atomic E-state index is 0.185. The van der Waals surface area contributed by atoms with E-state index in [-0.39, 0.29) is 12.2 Å². The van der Waals surface area contributed by atoms with E-state index in [2.05, 4.69) is 26.3 Å². The summed E-state index contributed by atoms with van der Waals surface area (Å²) in [5, 5.41) is 0. The number of ether oxygens (including phenoxy) is 1. The van der Waals surface area contributed by atoms with Crippen molar-refractivity contribution in [3.05, 3.63) is 50.6 Å². The van der Waals surface area contributed by atoms with Crippen LogP contribution < -0.4 is 0 Å². The van der Waals surface area contributed by atoms with Gasteiger partial charge in [-0.05, 0) is 25.7 Å². The van der Waals surface area contributed by atoms with E-state index >= 15 is 0 Å². The molecule has 0 atom stereocenters. The largest absolute Gasteiger partial charge is 0.374 e. The zero-order chi connectivity index (χ0) is 11.5. The monoisotopic (exact) mass is 206 g/mol. The maximum absolute atomic E-state index is 5.93. The van der Waals surface area contributed by atoms with E-state index in [9.17, 15) is 0 Å². The standard InChI is InChI=1S/C14H22O/c1-5-9-13(10-6-2)15-14(11-7-3)12-8-4/h5-8,13-14H,1-4,9-12H2. The second kappa shape index (κ2) is 9.47. The van der Waals surface area contributed by atoms with E-state index < -0.39 is 0 Å². The van der Waals surface area contributed by atoms with Gasteiger partial charge in [0.2, 0.25) is 0 Å². The topological polar surface area (TPSA) is 9.23 Å². The summed E-state index contributed by atoms with van der Waals surface area (Å²) in [7, 11) is 0. The molecule has 0 rings (SSSR count). The fraction of sp³-hybridized carbons (Fsp3) is 0.429. The van der Waals surface area contributed by atoms with Gasteiger partial charge in [-0.1, -0.05) is 24.3 Å². The second-order valence-electron chi connectivity index (χ2n) is 3.48. The van der Waals surface area contributed by atoms with Crippen LogP contribution in [-0.4, -0.2) is 12.2 Å². The summed E-state index contributed by atoms with van der Waals surface area (Å²) in [5.74, 6) is 0. The van der Waals surface area contributed by atoms with Gasteiger partial charge in [-0.25, -0.2) is 0 Å². The molecule has 1 heteroatoms. The van der Waals surface area contributed by atoms with Crippen molar-refractivity contribution in [2.75, 3.05) is 0 Å². The molecule has 0 aliphatic heterocycles. The summed E-state index contributed by atoms with van der Waals surface area (Å²) >= 11 is 0. The quantitative estimate of drug-likeness (QED) is 0.490. The Bertz CT molecular complexity index is 163. The molecule has 0 aromatic carbocycles. The SMILES string of the molecule is C=CCC(CC=C)OC(CC=C)CC=C. The number of hydrogen-bond acceptors (Lipinski definition) is 1. The van der Waals surface area contributed by atoms with Gasteiger partial charge in [0.15, 0.2) is 0 Å². The predicted octanol–water partition coefficient (Wildman–Crippen LogP) is 4.04. The molecule has 0 bridgehead atoms. The van der Waals surface area contributed by atoms with Crippen molar-refractivity contribution in [2.45, 2.75) is 37.9 Å². The average Bonchev–Trinajstić information content (AvgIpc) is 2.19. The molecule has 84 valence electrons. The first-order valence-electron chi connectivity index (χ1n) is 5.37. The third-order valence-electron chi connectivity index (χ3n) is 2.10. The van der Waals surface area contributed by atoms with Gasteiger partial charge in [0, 0.05) is 0 Å². The molecule has 0 spiro atoms. The Kier molecular flexibility index (Phi) is 8.79. The molecule has 0 aromatic heterocycles. The minimum atomic E-state index is 0.185. The fourth-order valence-corrected chi connectivity index (χ4v) is 1.43. The van der Waals surface area contributed by atoms with E-state index in [1.807, 2.05) is 24.3 Å². The van der Waals surface area contributed by atoms with Crippen LogP contribution in [0.5, 0.6) is 0 Å². The zero-order valence-corrected chi connectivity index (χ0v) is 9.53. The highest BCUT2D eigenvalue weighted by molar-refractivity contribution is 4.85. The smallest absolute Gasteiger partial charge is 0.0647 e. The van der Waals surface area contributed by atoms with Crippen molar-refractivity contribution in [1.82, 2.24) is 0 Å². The molecule has 0 aliphatic rings. The van der Waals surface area contributed by atoms with Crippen molar-refractivity contribution >= 4 is 0 Å². The maximum atomic E-state index is 5.93. The average molecular weight is 206 g/mol. The summed E-state index contributed by atoms with van der Waals surface area (Å²) in [6, 6.07) is 0. The molecular formula is C14H22O. The van der Waals surface area contributed by atoms with Crippen LogP contribution in [0.2, 0.25) is 0 Å². The van der Waals surface area contributed by atoms with Gasteiger partial charge in [0.1, 0.15) is 0 Å². The number of rotatable bonds is 10. The first kappa shape index (κ1) is 13.9. The van der Waals surface area contributed by atoms with E-state index in [0.29, 0.717) is 0 Å². The molecule has 0 unspecified atom stereocenters. The molecule has 0 radical (unpaired) electrons. The van der Waals surface area contributed by atoms with Gasteiger partial charge < -0.3 is 4.74 Å². The highest BCUT2D eigenvalue weighted by Crippen LogP contribution is 2.14. The molecule has 0 aliphatic carbocycles. The third kappa shape index (κ3) is 6.92. The highest BCUT2D eigenvalue weighted by atomic mass is 16.5. The molecule has 0 heterocycles. The summed E-state index contributed by atoms with van der Waals surface area (Å²) in [5.41, 5.74) is 0. The molecule has 0 saturated carbocycles. The Labute approximate surface area is 93.8 Å². The summed E-state index contributed by atoms with van der Waals surface area (Å²) in [6.07, 6.45) is 11.3. The second-order valence-corrected chi connectivity index (χ2v) is 3.48. The summed E-state index contributed by atoms with van der Waals surface area (Å²) in [4.78, 5) is 0. The van der Waals surface area contributed by atoms with Gasteiger partial charge in [-0.3, -0.25) is 0 Å². The Morgan fingerprint density at radius 2 is 0.933 bits per heavy atom. The van der Waals surface area contributed by atoms with E-state index in [1.54, 1.807) is 0 Å². The first-order valence-corrected chi connectivity index (χ1v) is 5.37. The predicted molar refractivity (Wildman–Crippen MR) is 67.9 cm³/mol. The Balaban J connectivity index is 4.15. The van der Waals surface area contributed by atoms with Crippen molar-refractivity contribution in [3.63, 3.8) is 0 Å². The van der Waals surface area contributed by atoms with Gasteiger partial charge in [0.25, 0.3) is 0 Å². The van der Waals surface area contributed by atoms with Crippen LogP contribution in [0.4, 0.5) is 0 Å². The van der Waals surface area contributed by atoms with Crippen molar-refractivity contribution < 1.29 is 4.74 Å². The van der Waals surface area contributed by atoms with Crippen LogP contribution in [0.3, 0.4) is 0 Å². The van der Waals surface area contributed by atoms with Gasteiger partial charge in [-0.2, -0.15) is 0 Å². The van der Waals surface area contributed by atoms with Crippen LogP contribution in [0.15, 0.2) is 50.6 Å². The van der Waals surface area contributed by atoms with Crippen molar-refractivity contribution in [2.24, 2.45) is 0 Å². The lowest BCUT2D eigenvalue weighted by Gasteiger charge is -2.21.